The Hall–Kier alpha value is -0.360. The van der Waals surface area contributed by atoms with Gasteiger partial charge in [-0.3, -0.25) is 0 Å². The van der Waals surface area contributed by atoms with E-state index in [0.29, 0.717) is 6.42 Å². The van der Waals surface area contributed by atoms with Crippen molar-refractivity contribution in [1.82, 2.24) is 0 Å². The summed E-state index contributed by atoms with van der Waals surface area (Å²) in [7, 11) is 0. The number of rotatable bonds is 11. The molecule has 2 unspecified atom stereocenters. The van der Waals surface area contributed by atoms with Gasteiger partial charge in [0, 0.05) is 18.3 Å². The van der Waals surface area contributed by atoms with Gasteiger partial charge in [-0.2, -0.15) is 8.78 Å². The molecule has 0 fully saturated rings. The van der Waals surface area contributed by atoms with E-state index >= 15 is 0 Å². The number of alkyl halides is 4. The molecule has 2 atom stereocenters. The molecule has 0 aromatic carbocycles. The van der Waals surface area contributed by atoms with Gasteiger partial charge in [0.25, 0.3) is 5.92 Å². The van der Waals surface area contributed by atoms with Crippen molar-refractivity contribution >= 4 is 0 Å². The Morgan fingerprint density at radius 1 is 0.864 bits per heavy atom. The van der Waals surface area contributed by atoms with Gasteiger partial charge in [-0.05, 0) is 33.6 Å². The third kappa shape index (κ3) is 8.32. The Kier molecular flexibility index (Phi) is 8.91. The molecule has 0 aliphatic rings. The van der Waals surface area contributed by atoms with Gasteiger partial charge in [-0.25, -0.2) is 8.78 Å². The minimum absolute atomic E-state index is 0.0698. The van der Waals surface area contributed by atoms with E-state index in [2.05, 4.69) is 4.74 Å². The first-order valence-corrected chi connectivity index (χ1v) is 7.93. The van der Waals surface area contributed by atoms with E-state index in [1.54, 1.807) is 20.8 Å². The maximum absolute atomic E-state index is 13.7. The van der Waals surface area contributed by atoms with Crippen LogP contribution in [0, 0.1) is 11.8 Å². The monoisotopic (exact) mass is 330 g/mol. The zero-order chi connectivity index (χ0) is 17.6. The van der Waals surface area contributed by atoms with Crippen LogP contribution in [0.3, 0.4) is 0 Å². The van der Waals surface area contributed by atoms with Gasteiger partial charge in [-0.1, -0.05) is 20.8 Å². The van der Waals surface area contributed by atoms with Crippen LogP contribution in [0.1, 0.15) is 60.8 Å². The molecule has 0 rings (SSSR count). The van der Waals surface area contributed by atoms with Crippen LogP contribution in [-0.4, -0.2) is 30.8 Å². The number of halogens is 4. The van der Waals surface area contributed by atoms with E-state index in [0.717, 1.165) is 0 Å². The molecule has 0 aromatic heterocycles. The van der Waals surface area contributed by atoms with Crippen LogP contribution in [0.4, 0.5) is 17.6 Å². The highest BCUT2D eigenvalue weighted by atomic mass is 19.3. The van der Waals surface area contributed by atoms with Crippen LogP contribution in [0.25, 0.3) is 0 Å². The summed E-state index contributed by atoms with van der Waals surface area (Å²) >= 11 is 0. The normalized spacial score (nSPS) is 16.4. The van der Waals surface area contributed by atoms with Crippen LogP contribution < -0.4 is 0 Å². The first kappa shape index (κ1) is 21.6. The molecule has 134 valence electrons. The standard InChI is InChI=1S/C16H30F4O2/c1-11(2)15(17,18)9-10-21-14(6)8-7-13(5)16(19,20)22-12(3)4/h11-14H,7-10H2,1-6H3. The van der Waals surface area contributed by atoms with Gasteiger partial charge in [0.1, 0.15) is 0 Å². The summed E-state index contributed by atoms with van der Waals surface area (Å²) in [5, 5.41) is 0. The van der Waals surface area contributed by atoms with Crippen LogP contribution >= 0.6 is 0 Å². The summed E-state index contributed by atoms with van der Waals surface area (Å²) in [6.45, 7) is 9.09. The molecule has 2 nitrogen and oxygen atoms in total. The SMILES string of the molecule is CC(C)OC(F)(F)C(C)CCC(C)OCCC(F)(F)C(C)C. The highest BCUT2D eigenvalue weighted by molar-refractivity contribution is 4.71. The largest absolute Gasteiger partial charge is 0.378 e. The molecule has 0 N–H and O–H groups in total. The van der Waals surface area contributed by atoms with Crippen LogP contribution in [0.15, 0.2) is 0 Å². The van der Waals surface area contributed by atoms with Crippen molar-refractivity contribution in [1.29, 1.82) is 0 Å². The van der Waals surface area contributed by atoms with E-state index < -0.39 is 30.0 Å². The zero-order valence-corrected chi connectivity index (χ0v) is 14.5. The predicted molar refractivity (Wildman–Crippen MR) is 79.4 cm³/mol. The van der Waals surface area contributed by atoms with Crippen LogP contribution in [0.5, 0.6) is 0 Å². The minimum Gasteiger partial charge on any atom is -0.378 e. The quantitative estimate of drug-likeness (QED) is 0.465. The van der Waals surface area contributed by atoms with Crippen LogP contribution in [0.2, 0.25) is 0 Å². The summed E-state index contributed by atoms with van der Waals surface area (Å²) in [6.07, 6.45) is -3.83. The Labute approximate surface area is 131 Å². The molecule has 0 radical (unpaired) electrons. The molecule has 0 aromatic rings. The smallest absolute Gasteiger partial charge is 0.358 e. The van der Waals surface area contributed by atoms with E-state index in [1.165, 1.54) is 20.8 Å². The number of ether oxygens (including phenoxy) is 2. The topological polar surface area (TPSA) is 18.5 Å². The third-order valence-electron chi connectivity index (χ3n) is 3.66. The lowest BCUT2D eigenvalue weighted by atomic mass is 10.0. The van der Waals surface area contributed by atoms with E-state index in [1.807, 2.05) is 0 Å². The molecular weight excluding hydrogens is 300 g/mol. The third-order valence-corrected chi connectivity index (χ3v) is 3.66. The van der Waals surface area contributed by atoms with Crippen molar-refractivity contribution in [2.24, 2.45) is 11.8 Å². The fourth-order valence-electron chi connectivity index (χ4n) is 1.85. The summed E-state index contributed by atoms with van der Waals surface area (Å²) < 4.78 is 64.0. The molecule has 0 bridgehead atoms. The molecule has 0 saturated carbocycles. The van der Waals surface area contributed by atoms with Crippen molar-refractivity contribution in [3.05, 3.63) is 0 Å². The van der Waals surface area contributed by atoms with Gasteiger partial charge < -0.3 is 9.47 Å². The van der Waals surface area contributed by atoms with E-state index in [-0.39, 0.29) is 25.6 Å². The number of hydrogen-bond acceptors (Lipinski definition) is 2. The fraction of sp³-hybridized carbons (Fsp3) is 1.00. The predicted octanol–water partition coefficient (Wildman–Crippen LogP) is 5.51. The molecule has 0 saturated heterocycles. The average molecular weight is 330 g/mol. The second-order valence-electron chi connectivity index (χ2n) is 6.55. The molecule has 0 aliphatic carbocycles. The average Bonchev–Trinajstić information content (AvgIpc) is 2.33. The van der Waals surface area contributed by atoms with Gasteiger partial charge in [0.15, 0.2) is 0 Å². The van der Waals surface area contributed by atoms with Gasteiger partial charge in [0.05, 0.1) is 18.8 Å². The van der Waals surface area contributed by atoms with Crippen molar-refractivity contribution < 1.29 is 27.0 Å². The Morgan fingerprint density at radius 3 is 1.86 bits per heavy atom. The first-order chi connectivity index (χ1) is 9.88. The lowest BCUT2D eigenvalue weighted by Crippen LogP contribution is -2.33. The summed E-state index contributed by atoms with van der Waals surface area (Å²) in [6, 6.07) is 0. The highest BCUT2D eigenvalue weighted by Crippen LogP contribution is 2.31. The Balaban J connectivity index is 4.06. The fourth-order valence-corrected chi connectivity index (χ4v) is 1.85. The van der Waals surface area contributed by atoms with E-state index in [4.69, 9.17) is 4.74 Å². The summed E-state index contributed by atoms with van der Waals surface area (Å²) in [5.41, 5.74) is 0. The van der Waals surface area contributed by atoms with Gasteiger partial charge in [-0.15, -0.1) is 0 Å². The van der Waals surface area contributed by atoms with E-state index in [9.17, 15) is 17.6 Å². The lowest BCUT2D eigenvalue weighted by molar-refractivity contribution is -0.285. The highest BCUT2D eigenvalue weighted by Gasteiger charge is 2.38. The van der Waals surface area contributed by atoms with Gasteiger partial charge >= 0.3 is 6.11 Å². The Bertz CT molecular complexity index is 307. The van der Waals surface area contributed by atoms with Crippen molar-refractivity contribution in [2.45, 2.75) is 85.0 Å². The second-order valence-corrected chi connectivity index (χ2v) is 6.55. The molecule has 6 heteroatoms. The minimum atomic E-state index is -3.18. The molecule has 0 heterocycles. The van der Waals surface area contributed by atoms with Crippen molar-refractivity contribution in [3.8, 4) is 0 Å². The maximum Gasteiger partial charge on any atom is 0.358 e. The van der Waals surface area contributed by atoms with Crippen molar-refractivity contribution in [3.63, 3.8) is 0 Å². The zero-order valence-electron chi connectivity index (χ0n) is 14.5. The van der Waals surface area contributed by atoms with Gasteiger partial charge in [0.2, 0.25) is 0 Å². The summed E-state index contributed by atoms with van der Waals surface area (Å²) in [4.78, 5) is 0. The number of hydrogen-bond donors (Lipinski definition) is 0. The first-order valence-electron chi connectivity index (χ1n) is 7.93. The molecule has 0 spiro atoms. The maximum atomic E-state index is 13.7. The summed E-state index contributed by atoms with van der Waals surface area (Å²) in [5.74, 6) is -4.44. The van der Waals surface area contributed by atoms with Crippen molar-refractivity contribution in [2.75, 3.05) is 6.61 Å². The second kappa shape index (κ2) is 9.06. The molecule has 0 aliphatic heterocycles. The lowest BCUT2D eigenvalue weighted by Gasteiger charge is -2.26. The molecule has 22 heavy (non-hydrogen) atoms. The Morgan fingerprint density at radius 2 is 1.41 bits per heavy atom. The molecule has 0 amide bonds. The van der Waals surface area contributed by atoms with Crippen LogP contribution in [-0.2, 0) is 9.47 Å². The molecular formula is C16H30F4O2.